The lowest BCUT2D eigenvalue weighted by atomic mass is 10.1. The van der Waals surface area contributed by atoms with Gasteiger partial charge in [-0.2, -0.15) is 5.26 Å². The van der Waals surface area contributed by atoms with Gasteiger partial charge in [0.25, 0.3) is 0 Å². The normalized spacial score (nSPS) is 10.3. The first-order valence-electron chi connectivity index (χ1n) is 6.06. The Morgan fingerprint density at radius 1 is 1.10 bits per heavy atom. The lowest BCUT2D eigenvalue weighted by Crippen LogP contribution is -1.98. The zero-order valence-corrected chi connectivity index (χ0v) is 11.4. The number of hydrogen-bond donors (Lipinski definition) is 1. The molecular formula is C15H8ClFN4. The Balaban J connectivity index is 2.07. The van der Waals surface area contributed by atoms with Crippen molar-refractivity contribution in [3.63, 3.8) is 0 Å². The van der Waals surface area contributed by atoms with Gasteiger partial charge in [0.05, 0.1) is 5.56 Å². The number of rotatable bonds is 2. The van der Waals surface area contributed by atoms with Gasteiger partial charge in [0.1, 0.15) is 11.9 Å². The van der Waals surface area contributed by atoms with Gasteiger partial charge in [-0.1, -0.05) is 35.9 Å². The molecule has 0 aliphatic heterocycles. The highest BCUT2D eigenvalue weighted by atomic mass is 35.5. The Morgan fingerprint density at radius 2 is 1.86 bits per heavy atom. The molecule has 3 aromatic rings. The van der Waals surface area contributed by atoms with Crippen LogP contribution in [-0.4, -0.2) is 10.2 Å². The number of nitrogens with zero attached hydrogens (tertiary/aromatic N) is 3. The summed E-state index contributed by atoms with van der Waals surface area (Å²) in [6, 6.07) is 13.4. The maximum absolute atomic E-state index is 13.3. The molecule has 3 rings (SSSR count). The molecule has 0 fully saturated rings. The predicted molar refractivity (Wildman–Crippen MR) is 78.9 cm³/mol. The number of nitrogens with one attached hydrogen (secondary N) is 1. The summed E-state index contributed by atoms with van der Waals surface area (Å²) in [6.07, 6.45) is 0. The largest absolute Gasteiger partial charge is 0.338 e. The molecule has 21 heavy (non-hydrogen) atoms. The van der Waals surface area contributed by atoms with Gasteiger partial charge in [-0.25, -0.2) is 4.39 Å². The van der Waals surface area contributed by atoms with E-state index >= 15 is 0 Å². The van der Waals surface area contributed by atoms with E-state index in [0.29, 0.717) is 16.7 Å². The van der Waals surface area contributed by atoms with Crippen LogP contribution in [0.15, 0.2) is 42.5 Å². The van der Waals surface area contributed by atoms with Gasteiger partial charge in [0, 0.05) is 16.5 Å². The molecule has 0 unspecified atom stereocenters. The molecule has 0 aliphatic carbocycles. The maximum Gasteiger partial charge on any atom is 0.161 e. The lowest BCUT2D eigenvalue weighted by Gasteiger charge is -2.09. The minimum absolute atomic E-state index is 0.0359. The minimum atomic E-state index is -0.560. The second-order valence-electron chi connectivity index (χ2n) is 4.32. The van der Waals surface area contributed by atoms with E-state index in [4.69, 9.17) is 16.9 Å². The zero-order valence-electron chi connectivity index (χ0n) is 10.6. The minimum Gasteiger partial charge on any atom is -0.338 e. The molecule has 0 atom stereocenters. The first kappa shape index (κ1) is 13.3. The van der Waals surface area contributed by atoms with Gasteiger partial charge < -0.3 is 5.32 Å². The molecule has 0 aliphatic rings. The Morgan fingerprint density at radius 3 is 2.62 bits per heavy atom. The topological polar surface area (TPSA) is 61.6 Å². The quantitative estimate of drug-likeness (QED) is 0.775. The van der Waals surface area contributed by atoms with Gasteiger partial charge in [-0.3, -0.25) is 0 Å². The van der Waals surface area contributed by atoms with Crippen LogP contribution in [-0.2, 0) is 0 Å². The Kier molecular flexibility index (Phi) is 3.38. The fourth-order valence-electron chi connectivity index (χ4n) is 1.99. The fourth-order valence-corrected chi connectivity index (χ4v) is 2.19. The van der Waals surface area contributed by atoms with Crippen LogP contribution in [0.5, 0.6) is 0 Å². The van der Waals surface area contributed by atoms with Crippen LogP contribution in [0.2, 0.25) is 5.15 Å². The van der Waals surface area contributed by atoms with E-state index in [0.717, 1.165) is 10.8 Å². The van der Waals surface area contributed by atoms with E-state index in [-0.39, 0.29) is 5.56 Å². The molecule has 0 saturated carbocycles. The van der Waals surface area contributed by atoms with Crippen molar-refractivity contribution in [2.24, 2.45) is 0 Å². The summed E-state index contributed by atoms with van der Waals surface area (Å²) in [5.74, 6) is -0.0689. The Labute approximate surface area is 124 Å². The molecule has 1 N–H and O–H groups in total. The van der Waals surface area contributed by atoms with Crippen LogP contribution in [0, 0.1) is 17.1 Å². The first-order chi connectivity index (χ1) is 10.2. The van der Waals surface area contributed by atoms with Crippen molar-refractivity contribution in [3.8, 4) is 6.07 Å². The number of benzene rings is 2. The SMILES string of the molecule is N#Cc1cc(Nc2nnc(Cl)c3ccccc23)ccc1F. The van der Waals surface area contributed by atoms with Gasteiger partial charge >= 0.3 is 0 Å². The van der Waals surface area contributed by atoms with Crippen LogP contribution >= 0.6 is 11.6 Å². The number of aromatic nitrogens is 2. The molecule has 6 heteroatoms. The average molecular weight is 299 g/mol. The summed E-state index contributed by atoms with van der Waals surface area (Å²) in [4.78, 5) is 0. The standard InChI is InChI=1S/C15H8ClFN4/c16-14-11-3-1-2-4-12(11)15(21-20-14)19-10-5-6-13(17)9(7-10)8-18/h1-7H,(H,19,21). The zero-order chi connectivity index (χ0) is 14.8. The van der Waals surface area contributed by atoms with Crippen LogP contribution in [0.1, 0.15) is 5.56 Å². The molecular weight excluding hydrogens is 291 g/mol. The van der Waals surface area contributed by atoms with Crippen molar-refractivity contribution >= 4 is 33.9 Å². The van der Waals surface area contributed by atoms with Crippen molar-refractivity contribution in [1.82, 2.24) is 10.2 Å². The Bertz CT molecular complexity index is 873. The number of anilines is 2. The Hall–Kier alpha value is -2.71. The van der Waals surface area contributed by atoms with Crippen molar-refractivity contribution in [1.29, 1.82) is 5.26 Å². The number of hydrogen-bond acceptors (Lipinski definition) is 4. The van der Waals surface area contributed by atoms with Gasteiger partial charge in [0.15, 0.2) is 11.0 Å². The third kappa shape index (κ3) is 2.49. The molecule has 0 bridgehead atoms. The molecule has 0 saturated heterocycles. The van der Waals surface area contributed by atoms with Crippen molar-refractivity contribution in [3.05, 3.63) is 59.0 Å². The highest BCUT2D eigenvalue weighted by Gasteiger charge is 2.09. The van der Waals surface area contributed by atoms with Gasteiger partial charge in [0.2, 0.25) is 0 Å². The van der Waals surface area contributed by atoms with E-state index < -0.39 is 5.82 Å². The van der Waals surface area contributed by atoms with E-state index in [1.165, 1.54) is 18.2 Å². The summed E-state index contributed by atoms with van der Waals surface area (Å²) in [7, 11) is 0. The van der Waals surface area contributed by atoms with Crippen LogP contribution in [0.25, 0.3) is 10.8 Å². The van der Waals surface area contributed by atoms with Crippen LogP contribution < -0.4 is 5.32 Å². The molecule has 0 spiro atoms. The van der Waals surface area contributed by atoms with Crippen molar-refractivity contribution in [2.45, 2.75) is 0 Å². The maximum atomic E-state index is 13.3. The summed E-state index contributed by atoms with van der Waals surface area (Å²) in [5.41, 5.74) is 0.515. The van der Waals surface area contributed by atoms with Gasteiger partial charge in [-0.15, -0.1) is 10.2 Å². The molecule has 2 aromatic carbocycles. The summed E-state index contributed by atoms with van der Waals surface area (Å²) in [5, 5.41) is 21.6. The monoisotopic (exact) mass is 298 g/mol. The third-order valence-electron chi connectivity index (χ3n) is 2.99. The summed E-state index contributed by atoms with van der Waals surface area (Å²) in [6.45, 7) is 0. The van der Waals surface area contributed by atoms with E-state index in [2.05, 4.69) is 15.5 Å². The van der Waals surface area contributed by atoms with E-state index in [1.807, 2.05) is 24.3 Å². The molecule has 102 valence electrons. The van der Waals surface area contributed by atoms with Crippen molar-refractivity contribution < 1.29 is 4.39 Å². The predicted octanol–water partition coefficient (Wildman–Crippen LogP) is 4.04. The van der Waals surface area contributed by atoms with Gasteiger partial charge in [-0.05, 0) is 18.2 Å². The van der Waals surface area contributed by atoms with E-state index in [9.17, 15) is 4.39 Å². The second kappa shape index (κ2) is 5.35. The number of fused-ring (bicyclic) bond motifs is 1. The smallest absolute Gasteiger partial charge is 0.161 e. The summed E-state index contributed by atoms with van der Waals surface area (Å²) >= 11 is 6.01. The first-order valence-corrected chi connectivity index (χ1v) is 6.44. The van der Waals surface area contributed by atoms with Crippen LogP contribution in [0.4, 0.5) is 15.9 Å². The van der Waals surface area contributed by atoms with Crippen molar-refractivity contribution in [2.75, 3.05) is 5.32 Å². The molecule has 0 radical (unpaired) electrons. The van der Waals surface area contributed by atoms with Crippen LogP contribution in [0.3, 0.4) is 0 Å². The van der Waals surface area contributed by atoms with E-state index in [1.54, 1.807) is 6.07 Å². The number of nitriles is 1. The average Bonchev–Trinajstić information content (AvgIpc) is 2.52. The summed E-state index contributed by atoms with van der Waals surface area (Å²) < 4.78 is 13.3. The molecule has 0 amide bonds. The molecule has 1 heterocycles. The second-order valence-corrected chi connectivity index (χ2v) is 4.67. The highest BCUT2D eigenvalue weighted by Crippen LogP contribution is 2.28. The fraction of sp³-hybridized carbons (Fsp3) is 0. The molecule has 4 nitrogen and oxygen atoms in total. The highest BCUT2D eigenvalue weighted by molar-refractivity contribution is 6.34. The molecule has 1 aromatic heterocycles. The third-order valence-corrected chi connectivity index (χ3v) is 3.27. The lowest BCUT2D eigenvalue weighted by molar-refractivity contribution is 0.624. The number of halogens is 2.